The van der Waals surface area contributed by atoms with Crippen molar-refractivity contribution in [1.29, 1.82) is 0 Å². The van der Waals surface area contributed by atoms with Crippen LogP contribution in [0.2, 0.25) is 0 Å². The molecule has 2 aromatic rings. The van der Waals surface area contributed by atoms with E-state index in [1.807, 2.05) is 0 Å². The standard InChI is InChI=1S/C18H23N3O3S/c1-2-3-4-12-20-18(22)16-7-9-17(10-8-16)25(23,24)21-14-15-6-5-11-19-13-15/h5-11,13,21H,2-4,12,14H2,1H3,(H,20,22). The predicted octanol–water partition coefficient (Wildman–Crippen LogP) is 2.48. The van der Waals surface area contributed by atoms with E-state index >= 15 is 0 Å². The van der Waals surface area contributed by atoms with Gasteiger partial charge in [0.05, 0.1) is 4.90 Å². The van der Waals surface area contributed by atoms with Crippen molar-refractivity contribution in [3.63, 3.8) is 0 Å². The molecule has 1 aromatic heterocycles. The summed E-state index contributed by atoms with van der Waals surface area (Å²) in [7, 11) is -3.63. The van der Waals surface area contributed by atoms with Crippen LogP contribution in [-0.2, 0) is 16.6 Å². The van der Waals surface area contributed by atoms with Crippen molar-refractivity contribution in [2.75, 3.05) is 6.54 Å². The lowest BCUT2D eigenvalue weighted by molar-refractivity contribution is 0.0953. The van der Waals surface area contributed by atoms with Crippen LogP contribution in [0.5, 0.6) is 0 Å². The number of sulfonamides is 1. The molecule has 1 heterocycles. The van der Waals surface area contributed by atoms with Crippen LogP contribution in [-0.4, -0.2) is 25.9 Å². The zero-order valence-corrected chi connectivity index (χ0v) is 15.1. The van der Waals surface area contributed by atoms with Crippen molar-refractivity contribution in [2.24, 2.45) is 0 Å². The first-order valence-electron chi connectivity index (χ1n) is 8.30. The summed E-state index contributed by atoms with van der Waals surface area (Å²) < 4.78 is 27.1. The lowest BCUT2D eigenvalue weighted by Gasteiger charge is -2.08. The largest absolute Gasteiger partial charge is 0.352 e. The minimum absolute atomic E-state index is 0.124. The monoisotopic (exact) mass is 361 g/mol. The lowest BCUT2D eigenvalue weighted by Crippen LogP contribution is -2.25. The van der Waals surface area contributed by atoms with Crippen LogP contribution in [0.15, 0.2) is 53.7 Å². The number of carbonyl (C=O) groups excluding carboxylic acids is 1. The molecule has 2 rings (SSSR count). The molecule has 0 fully saturated rings. The highest BCUT2D eigenvalue weighted by Crippen LogP contribution is 2.11. The molecule has 0 radical (unpaired) electrons. The Morgan fingerprint density at radius 2 is 1.88 bits per heavy atom. The summed E-state index contributed by atoms with van der Waals surface area (Å²) in [6, 6.07) is 9.46. The smallest absolute Gasteiger partial charge is 0.251 e. The predicted molar refractivity (Wildman–Crippen MR) is 96.6 cm³/mol. The number of unbranched alkanes of at least 4 members (excludes halogenated alkanes) is 2. The van der Waals surface area contributed by atoms with Gasteiger partial charge >= 0.3 is 0 Å². The maximum Gasteiger partial charge on any atom is 0.251 e. The first kappa shape index (κ1) is 19.1. The molecule has 0 saturated heterocycles. The molecule has 0 spiro atoms. The van der Waals surface area contributed by atoms with Gasteiger partial charge in [0.25, 0.3) is 5.91 Å². The number of rotatable bonds is 9. The molecule has 0 aliphatic heterocycles. The van der Waals surface area contributed by atoms with Crippen molar-refractivity contribution < 1.29 is 13.2 Å². The van der Waals surface area contributed by atoms with Crippen LogP contribution in [0.3, 0.4) is 0 Å². The summed E-state index contributed by atoms with van der Waals surface area (Å²) in [4.78, 5) is 16.1. The molecule has 2 N–H and O–H groups in total. The molecule has 0 aliphatic rings. The Morgan fingerprint density at radius 1 is 1.12 bits per heavy atom. The molecule has 0 bridgehead atoms. The second kappa shape index (κ2) is 9.29. The van der Waals surface area contributed by atoms with Gasteiger partial charge < -0.3 is 5.32 Å². The maximum atomic E-state index is 12.3. The number of nitrogens with one attached hydrogen (secondary N) is 2. The second-order valence-electron chi connectivity index (χ2n) is 5.67. The van der Waals surface area contributed by atoms with Crippen LogP contribution in [0.25, 0.3) is 0 Å². The van der Waals surface area contributed by atoms with Crippen LogP contribution < -0.4 is 10.0 Å². The van der Waals surface area contributed by atoms with E-state index < -0.39 is 10.0 Å². The summed E-state index contributed by atoms with van der Waals surface area (Å²) in [6.45, 7) is 2.89. The van der Waals surface area contributed by atoms with Gasteiger partial charge in [-0.1, -0.05) is 25.8 Å². The van der Waals surface area contributed by atoms with E-state index in [4.69, 9.17) is 0 Å². The number of carbonyl (C=O) groups is 1. The van der Waals surface area contributed by atoms with E-state index in [-0.39, 0.29) is 17.3 Å². The Morgan fingerprint density at radius 3 is 2.52 bits per heavy atom. The van der Waals surface area contributed by atoms with E-state index in [1.54, 1.807) is 24.5 Å². The van der Waals surface area contributed by atoms with Gasteiger partial charge in [0.15, 0.2) is 0 Å². The summed E-state index contributed by atoms with van der Waals surface area (Å²) in [5.41, 5.74) is 1.22. The summed E-state index contributed by atoms with van der Waals surface area (Å²) in [5, 5.41) is 2.83. The first-order valence-corrected chi connectivity index (χ1v) is 9.78. The SMILES string of the molecule is CCCCCNC(=O)c1ccc(S(=O)(=O)NCc2cccnc2)cc1. The molecule has 1 aromatic carbocycles. The summed E-state index contributed by atoms with van der Waals surface area (Å²) >= 11 is 0. The fraction of sp³-hybridized carbons (Fsp3) is 0.333. The minimum Gasteiger partial charge on any atom is -0.352 e. The molecule has 7 heteroatoms. The van der Waals surface area contributed by atoms with E-state index in [0.717, 1.165) is 24.8 Å². The molecular weight excluding hydrogens is 338 g/mol. The average molecular weight is 361 g/mol. The van der Waals surface area contributed by atoms with Gasteiger partial charge in [0.1, 0.15) is 0 Å². The van der Waals surface area contributed by atoms with Gasteiger partial charge in [-0.15, -0.1) is 0 Å². The molecule has 0 aliphatic carbocycles. The fourth-order valence-corrected chi connectivity index (χ4v) is 3.25. The van der Waals surface area contributed by atoms with Crippen molar-refractivity contribution in [2.45, 2.75) is 37.6 Å². The number of amides is 1. The van der Waals surface area contributed by atoms with E-state index in [1.165, 1.54) is 24.3 Å². The Balaban J connectivity index is 1.94. The van der Waals surface area contributed by atoms with E-state index in [9.17, 15) is 13.2 Å². The number of hydrogen-bond acceptors (Lipinski definition) is 4. The van der Waals surface area contributed by atoms with Crippen LogP contribution >= 0.6 is 0 Å². The molecule has 0 unspecified atom stereocenters. The minimum atomic E-state index is -3.63. The number of aromatic nitrogens is 1. The van der Waals surface area contributed by atoms with Gasteiger partial charge in [-0.25, -0.2) is 13.1 Å². The van der Waals surface area contributed by atoms with Crippen molar-refractivity contribution in [3.05, 3.63) is 59.9 Å². The van der Waals surface area contributed by atoms with E-state index in [0.29, 0.717) is 12.1 Å². The van der Waals surface area contributed by atoms with Crippen molar-refractivity contribution in [1.82, 2.24) is 15.0 Å². The third-order valence-corrected chi connectivity index (χ3v) is 5.10. The number of benzene rings is 1. The molecule has 0 atom stereocenters. The second-order valence-corrected chi connectivity index (χ2v) is 7.44. The van der Waals surface area contributed by atoms with Gasteiger partial charge in [-0.3, -0.25) is 9.78 Å². The average Bonchev–Trinajstić information content (AvgIpc) is 2.64. The Bertz CT molecular complexity index is 775. The summed E-state index contributed by atoms with van der Waals surface area (Å²) in [5.74, 6) is -0.191. The molecule has 25 heavy (non-hydrogen) atoms. The van der Waals surface area contributed by atoms with Crippen LogP contribution in [0.4, 0.5) is 0 Å². The fourth-order valence-electron chi connectivity index (χ4n) is 2.23. The van der Waals surface area contributed by atoms with E-state index in [2.05, 4.69) is 21.9 Å². The zero-order valence-electron chi connectivity index (χ0n) is 14.2. The Hall–Kier alpha value is -2.25. The normalized spacial score (nSPS) is 11.2. The first-order chi connectivity index (χ1) is 12.0. The third-order valence-electron chi connectivity index (χ3n) is 3.68. The Kier molecular flexibility index (Phi) is 7.09. The quantitative estimate of drug-likeness (QED) is 0.672. The van der Waals surface area contributed by atoms with Gasteiger partial charge in [0.2, 0.25) is 10.0 Å². The summed E-state index contributed by atoms with van der Waals surface area (Å²) in [6.07, 6.45) is 6.33. The van der Waals surface area contributed by atoms with Gasteiger partial charge in [-0.2, -0.15) is 0 Å². The lowest BCUT2D eigenvalue weighted by atomic mass is 10.2. The highest BCUT2D eigenvalue weighted by molar-refractivity contribution is 7.89. The zero-order chi connectivity index (χ0) is 18.1. The molecule has 6 nitrogen and oxygen atoms in total. The highest BCUT2D eigenvalue weighted by Gasteiger charge is 2.14. The van der Waals surface area contributed by atoms with Gasteiger partial charge in [0, 0.05) is 31.0 Å². The van der Waals surface area contributed by atoms with Gasteiger partial charge in [-0.05, 0) is 42.3 Å². The molecular formula is C18H23N3O3S. The molecule has 1 amide bonds. The Labute approximate surface area is 148 Å². The van der Waals surface area contributed by atoms with Crippen molar-refractivity contribution >= 4 is 15.9 Å². The van der Waals surface area contributed by atoms with Crippen molar-refractivity contribution in [3.8, 4) is 0 Å². The molecule has 134 valence electrons. The number of pyridine rings is 1. The number of hydrogen-bond donors (Lipinski definition) is 2. The van der Waals surface area contributed by atoms with Crippen LogP contribution in [0.1, 0.15) is 42.1 Å². The maximum absolute atomic E-state index is 12.3. The number of nitrogens with zero attached hydrogens (tertiary/aromatic N) is 1. The third kappa shape index (κ3) is 5.95. The van der Waals surface area contributed by atoms with Crippen LogP contribution in [0, 0.1) is 0 Å². The highest BCUT2D eigenvalue weighted by atomic mass is 32.2. The topological polar surface area (TPSA) is 88.2 Å². The molecule has 0 saturated carbocycles.